The summed E-state index contributed by atoms with van der Waals surface area (Å²) in [4.78, 5) is 22.9. The van der Waals surface area contributed by atoms with Crippen LogP contribution >= 0.6 is 12.8 Å². The Labute approximate surface area is 76.0 Å². The summed E-state index contributed by atoms with van der Waals surface area (Å²) in [6.07, 6.45) is 0. The lowest BCUT2D eigenvalue weighted by Gasteiger charge is -2.30. The summed E-state index contributed by atoms with van der Waals surface area (Å²) in [7, 11) is 0. The van der Waals surface area contributed by atoms with Gasteiger partial charge in [0.25, 0.3) is 0 Å². The quantitative estimate of drug-likeness (QED) is 0.358. The fourth-order valence-electron chi connectivity index (χ4n) is 1.05. The summed E-state index contributed by atoms with van der Waals surface area (Å²) in [5.74, 6) is -1.49. The summed E-state index contributed by atoms with van der Waals surface area (Å²) >= 11 is 4.10. The van der Waals surface area contributed by atoms with Gasteiger partial charge in [0.2, 0.25) is 0 Å². The van der Waals surface area contributed by atoms with Crippen LogP contribution in [0.25, 0.3) is 0 Å². The smallest absolute Gasteiger partial charge is 0.311 e. The molecular formula is C6H11N3O2S. The highest BCUT2D eigenvalue weighted by Gasteiger charge is 2.22. The molecule has 2 N–H and O–H groups in total. The molecule has 0 atom stereocenters. The molecule has 0 aromatic carbocycles. The van der Waals surface area contributed by atoms with Gasteiger partial charge in [-0.1, -0.05) is 12.8 Å². The molecule has 1 saturated heterocycles. The second-order valence-corrected chi connectivity index (χ2v) is 3.18. The third-order valence-electron chi connectivity index (χ3n) is 1.75. The monoisotopic (exact) mass is 189 g/mol. The minimum atomic E-state index is -0.886. The van der Waals surface area contributed by atoms with Crippen molar-refractivity contribution in [2.24, 2.45) is 5.73 Å². The third-order valence-corrected chi connectivity index (χ3v) is 2.15. The highest BCUT2D eigenvalue weighted by atomic mass is 32.1. The van der Waals surface area contributed by atoms with Crippen LogP contribution < -0.4 is 5.73 Å². The van der Waals surface area contributed by atoms with E-state index in [1.807, 2.05) is 0 Å². The number of thiol groups is 1. The highest BCUT2D eigenvalue weighted by Crippen LogP contribution is 2.03. The Bertz CT molecular complexity index is 201. The molecule has 0 radical (unpaired) electrons. The molecule has 0 saturated carbocycles. The van der Waals surface area contributed by atoms with Crippen LogP contribution in [0, 0.1) is 0 Å². The maximum absolute atomic E-state index is 11.0. The number of piperazine rings is 1. The molecular weight excluding hydrogens is 178 g/mol. The number of primary amides is 1. The summed E-state index contributed by atoms with van der Waals surface area (Å²) < 4.78 is 1.80. The molecule has 5 nitrogen and oxygen atoms in total. The van der Waals surface area contributed by atoms with Gasteiger partial charge >= 0.3 is 11.8 Å². The number of amides is 2. The number of rotatable bonds is 0. The fraction of sp³-hybridized carbons (Fsp3) is 0.667. The van der Waals surface area contributed by atoms with Crippen molar-refractivity contribution in [2.45, 2.75) is 0 Å². The van der Waals surface area contributed by atoms with Gasteiger partial charge < -0.3 is 10.6 Å². The Kier molecular flexibility index (Phi) is 2.93. The molecule has 0 aliphatic carbocycles. The molecule has 6 heteroatoms. The Morgan fingerprint density at radius 1 is 1.17 bits per heavy atom. The largest absolute Gasteiger partial charge is 0.361 e. The van der Waals surface area contributed by atoms with Crippen LogP contribution in [0.15, 0.2) is 0 Å². The molecule has 1 rings (SSSR count). The lowest BCUT2D eigenvalue weighted by molar-refractivity contribution is -0.144. The second-order valence-electron chi connectivity index (χ2n) is 2.61. The van der Waals surface area contributed by atoms with Gasteiger partial charge in [-0.3, -0.25) is 9.59 Å². The Morgan fingerprint density at radius 3 is 2.08 bits per heavy atom. The van der Waals surface area contributed by atoms with Crippen LogP contribution in [0.1, 0.15) is 0 Å². The maximum atomic E-state index is 11.0. The van der Waals surface area contributed by atoms with E-state index in [2.05, 4.69) is 12.8 Å². The lowest BCUT2D eigenvalue weighted by Crippen LogP contribution is -2.49. The van der Waals surface area contributed by atoms with Crippen LogP contribution in [-0.4, -0.2) is 47.2 Å². The van der Waals surface area contributed by atoms with E-state index in [4.69, 9.17) is 5.73 Å². The fourth-order valence-corrected chi connectivity index (χ4v) is 1.23. The first kappa shape index (κ1) is 9.34. The van der Waals surface area contributed by atoms with Crippen LogP contribution in [-0.2, 0) is 9.59 Å². The van der Waals surface area contributed by atoms with E-state index in [-0.39, 0.29) is 0 Å². The number of nitrogens with two attached hydrogens (primary N) is 1. The van der Waals surface area contributed by atoms with Gasteiger partial charge in [-0.25, -0.2) is 4.31 Å². The van der Waals surface area contributed by atoms with E-state index in [1.54, 1.807) is 4.31 Å². The molecule has 1 aliphatic rings. The SMILES string of the molecule is NC(=O)C(=O)N1CCN(S)CC1. The molecule has 1 aliphatic heterocycles. The zero-order valence-corrected chi connectivity index (χ0v) is 7.46. The minimum Gasteiger partial charge on any atom is -0.361 e. The zero-order valence-electron chi connectivity index (χ0n) is 6.56. The number of carbonyl (C=O) groups is 2. The molecule has 1 heterocycles. The van der Waals surface area contributed by atoms with Gasteiger partial charge in [0.15, 0.2) is 0 Å². The van der Waals surface area contributed by atoms with Crippen molar-refractivity contribution in [3.63, 3.8) is 0 Å². The van der Waals surface area contributed by atoms with Crippen molar-refractivity contribution in [3.8, 4) is 0 Å². The number of nitrogens with zero attached hydrogens (tertiary/aromatic N) is 2. The molecule has 68 valence electrons. The summed E-state index contributed by atoms with van der Waals surface area (Å²) in [5, 5.41) is 0. The van der Waals surface area contributed by atoms with Crippen molar-refractivity contribution in [2.75, 3.05) is 26.2 Å². The molecule has 12 heavy (non-hydrogen) atoms. The van der Waals surface area contributed by atoms with Gasteiger partial charge in [-0.2, -0.15) is 0 Å². The molecule has 0 aromatic heterocycles. The average molecular weight is 189 g/mol. The molecule has 2 amide bonds. The lowest BCUT2D eigenvalue weighted by atomic mass is 10.3. The zero-order chi connectivity index (χ0) is 9.14. The van der Waals surface area contributed by atoms with Crippen molar-refractivity contribution in [1.82, 2.24) is 9.21 Å². The first-order chi connectivity index (χ1) is 5.61. The number of hydrogen-bond donors (Lipinski definition) is 2. The number of hydrogen-bond acceptors (Lipinski definition) is 4. The van der Waals surface area contributed by atoms with Gasteiger partial charge in [-0.05, 0) is 0 Å². The predicted octanol–water partition coefficient (Wildman–Crippen LogP) is -1.54. The summed E-state index contributed by atoms with van der Waals surface area (Å²) in [5.41, 5.74) is 4.84. The normalized spacial score (nSPS) is 19.2. The van der Waals surface area contributed by atoms with Crippen molar-refractivity contribution < 1.29 is 9.59 Å². The van der Waals surface area contributed by atoms with Crippen LogP contribution in [0.2, 0.25) is 0 Å². The van der Waals surface area contributed by atoms with E-state index in [1.165, 1.54) is 4.90 Å². The molecule has 1 fully saturated rings. The topological polar surface area (TPSA) is 66.6 Å². The standard InChI is InChI=1S/C6H11N3O2S/c7-5(10)6(11)8-1-3-9(12)4-2-8/h12H,1-4H2,(H2,7,10). The molecule has 0 unspecified atom stereocenters. The van der Waals surface area contributed by atoms with Crippen molar-refractivity contribution >= 4 is 24.6 Å². The van der Waals surface area contributed by atoms with Crippen molar-refractivity contribution in [1.29, 1.82) is 0 Å². The second kappa shape index (κ2) is 3.77. The van der Waals surface area contributed by atoms with Gasteiger partial charge in [0.1, 0.15) is 0 Å². The van der Waals surface area contributed by atoms with Crippen LogP contribution in [0.4, 0.5) is 0 Å². The van der Waals surface area contributed by atoms with Gasteiger partial charge in [-0.15, -0.1) is 0 Å². The van der Waals surface area contributed by atoms with Crippen molar-refractivity contribution in [3.05, 3.63) is 0 Å². The van der Waals surface area contributed by atoms with Crippen LogP contribution in [0.5, 0.6) is 0 Å². The number of carbonyl (C=O) groups excluding carboxylic acids is 2. The van der Waals surface area contributed by atoms with E-state index in [0.717, 1.165) is 0 Å². The highest BCUT2D eigenvalue weighted by molar-refractivity contribution is 7.77. The molecule has 0 spiro atoms. The van der Waals surface area contributed by atoms with Crippen LogP contribution in [0.3, 0.4) is 0 Å². The summed E-state index contributed by atoms with van der Waals surface area (Å²) in [6.45, 7) is 2.38. The average Bonchev–Trinajstić information content (AvgIpc) is 2.04. The van der Waals surface area contributed by atoms with E-state index >= 15 is 0 Å². The Balaban J connectivity index is 2.44. The van der Waals surface area contributed by atoms with E-state index in [9.17, 15) is 9.59 Å². The molecule has 0 aromatic rings. The van der Waals surface area contributed by atoms with Gasteiger partial charge in [0.05, 0.1) is 0 Å². The van der Waals surface area contributed by atoms with E-state index < -0.39 is 11.8 Å². The first-order valence-corrected chi connectivity index (χ1v) is 4.04. The summed E-state index contributed by atoms with van der Waals surface area (Å²) in [6, 6.07) is 0. The first-order valence-electron chi connectivity index (χ1n) is 3.64. The Hall–Kier alpha value is -0.750. The third kappa shape index (κ3) is 2.12. The van der Waals surface area contributed by atoms with E-state index in [0.29, 0.717) is 26.2 Å². The molecule has 0 bridgehead atoms. The predicted molar refractivity (Wildman–Crippen MR) is 46.3 cm³/mol. The van der Waals surface area contributed by atoms with Gasteiger partial charge in [0, 0.05) is 26.2 Å². The Morgan fingerprint density at radius 2 is 1.67 bits per heavy atom. The maximum Gasteiger partial charge on any atom is 0.311 e. The minimum absolute atomic E-state index is 0.519.